The number of aromatic nitrogens is 2. The van der Waals surface area contributed by atoms with E-state index in [-0.39, 0.29) is 17.9 Å². The normalized spacial score (nSPS) is 18.8. The van der Waals surface area contributed by atoms with Crippen molar-refractivity contribution >= 4 is 17.3 Å². The molecule has 1 aliphatic heterocycles. The summed E-state index contributed by atoms with van der Waals surface area (Å²) < 4.78 is 20.8. The Morgan fingerprint density at radius 2 is 1.97 bits per heavy atom. The summed E-state index contributed by atoms with van der Waals surface area (Å²) in [6.45, 7) is 1.43. The Labute approximate surface area is 175 Å². The van der Waals surface area contributed by atoms with Crippen LogP contribution in [0.25, 0.3) is 5.69 Å². The number of rotatable bonds is 7. The van der Waals surface area contributed by atoms with Crippen molar-refractivity contribution in [2.45, 2.75) is 18.5 Å². The molecule has 2 unspecified atom stereocenters. The highest BCUT2D eigenvalue weighted by Gasteiger charge is 2.40. The van der Waals surface area contributed by atoms with Crippen LogP contribution >= 0.6 is 12.2 Å². The van der Waals surface area contributed by atoms with Gasteiger partial charge in [0.05, 0.1) is 17.8 Å². The van der Waals surface area contributed by atoms with Gasteiger partial charge in [0.1, 0.15) is 5.82 Å². The van der Waals surface area contributed by atoms with Crippen LogP contribution in [0.2, 0.25) is 0 Å². The number of nitrogens with zero attached hydrogens (tertiary/aromatic N) is 3. The van der Waals surface area contributed by atoms with Gasteiger partial charge in [-0.25, -0.2) is 4.39 Å². The van der Waals surface area contributed by atoms with Crippen LogP contribution < -0.4 is 5.32 Å². The Morgan fingerprint density at radius 1 is 1.14 bits per heavy atom. The third-order valence-corrected chi connectivity index (χ3v) is 5.49. The van der Waals surface area contributed by atoms with Gasteiger partial charge in [0.25, 0.3) is 0 Å². The second kappa shape index (κ2) is 8.71. The molecule has 2 atom stereocenters. The quantitative estimate of drug-likeness (QED) is 0.471. The molecule has 2 aromatic heterocycles. The first-order valence-electron chi connectivity index (χ1n) is 9.59. The number of nitrogens with one attached hydrogen (secondary N) is 1. The van der Waals surface area contributed by atoms with E-state index >= 15 is 0 Å². The molecule has 0 aliphatic carbocycles. The molecule has 4 rings (SSSR count). The van der Waals surface area contributed by atoms with Gasteiger partial charge >= 0.3 is 0 Å². The van der Waals surface area contributed by atoms with E-state index in [4.69, 9.17) is 17.0 Å². The van der Waals surface area contributed by atoms with E-state index in [1.807, 2.05) is 30.5 Å². The predicted octanol–water partition coefficient (Wildman–Crippen LogP) is 4.02. The van der Waals surface area contributed by atoms with Crippen molar-refractivity contribution in [3.63, 3.8) is 0 Å². The van der Waals surface area contributed by atoms with Gasteiger partial charge in [-0.05, 0) is 67.2 Å². The zero-order chi connectivity index (χ0) is 20.2. The van der Waals surface area contributed by atoms with Crippen LogP contribution in [0.4, 0.5) is 4.39 Å². The van der Waals surface area contributed by atoms with Crippen molar-refractivity contribution < 1.29 is 9.13 Å². The maximum atomic E-state index is 13.4. The molecule has 0 radical (unpaired) electrons. The highest BCUT2D eigenvalue weighted by atomic mass is 32.1. The third-order valence-electron chi connectivity index (χ3n) is 5.13. The van der Waals surface area contributed by atoms with Crippen LogP contribution in [0.15, 0.2) is 67.0 Å². The van der Waals surface area contributed by atoms with E-state index in [0.717, 1.165) is 30.0 Å². The van der Waals surface area contributed by atoms with Gasteiger partial charge in [-0.15, -0.1) is 0 Å². The summed E-state index contributed by atoms with van der Waals surface area (Å²) in [6.07, 6.45) is 4.65. The second-order valence-corrected chi connectivity index (χ2v) is 7.33. The molecule has 1 saturated heterocycles. The van der Waals surface area contributed by atoms with Crippen LogP contribution in [0.3, 0.4) is 0 Å². The standard InChI is InChI=1S/C22H23FN4OS/c1-28-15-5-14-27-21(20(25-22(27)29)18-6-2-3-12-24-18)19-7-4-13-26(19)17-10-8-16(23)9-11-17/h2-4,6-13,20-21H,5,14-15H2,1H3,(H,25,29). The van der Waals surface area contributed by atoms with Crippen LogP contribution in [0.1, 0.15) is 29.9 Å². The smallest absolute Gasteiger partial charge is 0.170 e. The molecular formula is C22H23FN4OS. The lowest BCUT2D eigenvalue weighted by Gasteiger charge is -2.29. The van der Waals surface area contributed by atoms with Gasteiger partial charge in [0.15, 0.2) is 5.11 Å². The number of hydrogen-bond acceptors (Lipinski definition) is 3. The van der Waals surface area contributed by atoms with Crippen molar-refractivity contribution in [2.75, 3.05) is 20.3 Å². The van der Waals surface area contributed by atoms with Crippen molar-refractivity contribution in [3.05, 3.63) is 84.2 Å². The number of methoxy groups -OCH3 is 1. The molecule has 0 saturated carbocycles. The van der Waals surface area contributed by atoms with Crippen LogP contribution in [-0.2, 0) is 4.74 Å². The fraction of sp³-hybridized carbons (Fsp3) is 0.273. The van der Waals surface area contributed by atoms with Crippen LogP contribution in [-0.4, -0.2) is 39.8 Å². The third kappa shape index (κ3) is 4.02. The summed E-state index contributed by atoms with van der Waals surface area (Å²) in [7, 11) is 1.70. The first kappa shape index (κ1) is 19.5. The zero-order valence-corrected chi connectivity index (χ0v) is 17.0. The van der Waals surface area contributed by atoms with Gasteiger partial charge in [0.2, 0.25) is 0 Å². The second-order valence-electron chi connectivity index (χ2n) is 6.95. The predicted molar refractivity (Wildman–Crippen MR) is 114 cm³/mol. The summed E-state index contributed by atoms with van der Waals surface area (Å²) in [5.74, 6) is -0.251. The lowest BCUT2D eigenvalue weighted by molar-refractivity contribution is 0.180. The van der Waals surface area contributed by atoms with E-state index < -0.39 is 0 Å². The van der Waals surface area contributed by atoms with Crippen molar-refractivity contribution in [3.8, 4) is 5.69 Å². The highest BCUT2D eigenvalue weighted by molar-refractivity contribution is 7.80. The van der Waals surface area contributed by atoms with E-state index in [9.17, 15) is 4.39 Å². The molecule has 1 aromatic carbocycles. The molecule has 3 aromatic rings. The number of benzene rings is 1. The van der Waals surface area contributed by atoms with Crippen molar-refractivity contribution in [1.82, 2.24) is 19.8 Å². The number of pyridine rings is 1. The Balaban J connectivity index is 1.75. The highest BCUT2D eigenvalue weighted by Crippen LogP contribution is 2.39. The van der Waals surface area contributed by atoms with E-state index in [2.05, 4.69) is 25.8 Å². The maximum absolute atomic E-state index is 13.4. The van der Waals surface area contributed by atoms with Gasteiger partial charge in [-0.2, -0.15) is 0 Å². The summed E-state index contributed by atoms with van der Waals surface area (Å²) in [4.78, 5) is 6.77. The SMILES string of the molecule is COCCCN1C(=S)NC(c2ccccn2)C1c1cccn1-c1ccc(F)cc1. The molecule has 5 nitrogen and oxygen atoms in total. The van der Waals surface area contributed by atoms with Gasteiger partial charge < -0.3 is 19.5 Å². The summed E-state index contributed by atoms with van der Waals surface area (Å²) in [6, 6.07) is 16.4. The fourth-order valence-corrected chi connectivity index (χ4v) is 4.15. The molecule has 1 N–H and O–H groups in total. The van der Waals surface area contributed by atoms with Crippen LogP contribution in [0, 0.1) is 5.82 Å². The number of halogens is 1. The molecule has 3 heterocycles. The van der Waals surface area contributed by atoms with E-state index in [0.29, 0.717) is 11.7 Å². The minimum Gasteiger partial charge on any atom is -0.385 e. The molecule has 150 valence electrons. The lowest BCUT2D eigenvalue weighted by atomic mass is 10.0. The molecule has 1 aliphatic rings. The van der Waals surface area contributed by atoms with Crippen molar-refractivity contribution in [1.29, 1.82) is 0 Å². The molecular weight excluding hydrogens is 387 g/mol. The molecule has 0 bridgehead atoms. The number of hydrogen-bond donors (Lipinski definition) is 1. The molecule has 0 amide bonds. The molecule has 0 spiro atoms. The number of ether oxygens (including phenoxy) is 1. The zero-order valence-electron chi connectivity index (χ0n) is 16.2. The fourth-order valence-electron chi connectivity index (χ4n) is 3.82. The lowest BCUT2D eigenvalue weighted by Crippen LogP contribution is -2.32. The minimum atomic E-state index is -0.251. The first-order chi connectivity index (χ1) is 14.2. The molecule has 7 heteroatoms. The largest absolute Gasteiger partial charge is 0.385 e. The molecule has 1 fully saturated rings. The Kier molecular flexibility index (Phi) is 5.87. The Hall–Kier alpha value is -2.77. The minimum absolute atomic E-state index is 0.0469. The first-order valence-corrected chi connectivity index (χ1v) is 10.00. The van der Waals surface area contributed by atoms with Gasteiger partial charge in [0, 0.05) is 44.0 Å². The van der Waals surface area contributed by atoms with Crippen molar-refractivity contribution in [2.24, 2.45) is 0 Å². The summed E-state index contributed by atoms with van der Waals surface area (Å²) >= 11 is 5.68. The van der Waals surface area contributed by atoms with Gasteiger partial charge in [-0.1, -0.05) is 6.07 Å². The number of thiocarbonyl (C=S) groups is 1. The average molecular weight is 411 g/mol. The van der Waals surface area contributed by atoms with E-state index in [1.165, 1.54) is 12.1 Å². The summed E-state index contributed by atoms with van der Waals surface area (Å²) in [5, 5.41) is 4.16. The summed E-state index contributed by atoms with van der Waals surface area (Å²) in [5.41, 5.74) is 2.90. The van der Waals surface area contributed by atoms with Crippen LogP contribution in [0.5, 0.6) is 0 Å². The average Bonchev–Trinajstić information content (AvgIpc) is 3.34. The maximum Gasteiger partial charge on any atom is 0.170 e. The Bertz CT molecular complexity index is 960. The Morgan fingerprint density at radius 3 is 2.69 bits per heavy atom. The molecule has 29 heavy (non-hydrogen) atoms. The monoisotopic (exact) mass is 410 g/mol. The topological polar surface area (TPSA) is 42.3 Å². The van der Waals surface area contributed by atoms with E-state index in [1.54, 1.807) is 25.4 Å². The van der Waals surface area contributed by atoms with Gasteiger partial charge in [-0.3, -0.25) is 4.98 Å².